The van der Waals surface area contributed by atoms with Crippen molar-refractivity contribution in [1.82, 2.24) is 9.88 Å². The van der Waals surface area contributed by atoms with Gasteiger partial charge in [-0.05, 0) is 73.8 Å². The third-order valence-corrected chi connectivity index (χ3v) is 8.26. The smallest absolute Gasteiger partial charge is 0.250 e. The molecule has 1 aromatic heterocycles. The van der Waals surface area contributed by atoms with Crippen molar-refractivity contribution in [2.75, 3.05) is 5.32 Å². The van der Waals surface area contributed by atoms with Crippen molar-refractivity contribution in [3.8, 4) is 0 Å². The van der Waals surface area contributed by atoms with Crippen LogP contribution in [-0.4, -0.2) is 27.2 Å². The van der Waals surface area contributed by atoms with Gasteiger partial charge in [0.1, 0.15) is 5.54 Å². The number of carbonyl (C=O) groups excluding carboxylic acids is 2. The van der Waals surface area contributed by atoms with Crippen molar-refractivity contribution in [2.24, 2.45) is 5.92 Å². The number of H-pyrrole nitrogens is 1. The lowest BCUT2D eigenvalue weighted by Crippen LogP contribution is -2.60. The minimum absolute atomic E-state index is 0.0233. The predicted molar refractivity (Wildman–Crippen MR) is 154 cm³/mol. The number of benzene rings is 3. The largest absolute Gasteiger partial charge is 0.361 e. The van der Waals surface area contributed by atoms with Crippen LogP contribution in [0.25, 0.3) is 10.9 Å². The van der Waals surface area contributed by atoms with Crippen LogP contribution in [0.3, 0.4) is 0 Å². The van der Waals surface area contributed by atoms with Crippen LogP contribution >= 0.6 is 0 Å². The first-order chi connectivity index (χ1) is 18.4. The Labute approximate surface area is 225 Å². The van der Waals surface area contributed by atoms with Gasteiger partial charge >= 0.3 is 0 Å². The van der Waals surface area contributed by atoms with Gasteiger partial charge in [0.05, 0.1) is 6.42 Å². The minimum atomic E-state index is -0.916. The molecule has 38 heavy (non-hydrogen) atoms. The molecule has 2 N–H and O–H groups in total. The number of aromatic nitrogens is 1. The quantitative estimate of drug-likeness (QED) is 0.284. The fourth-order valence-electron chi connectivity index (χ4n) is 5.88. The van der Waals surface area contributed by atoms with Crippen LogP contribution in [0.4, 0.5) is 5.69 Å². The molecule has 0 bridgehead atoms. The second kappa shape index (κ2) is 10.9. The van der Waals surface area contributed by atoms with E-state index in [0.29, 0.717) is 25.3 Å². The molecule has 0 unspecified atom stereocenters. The van der Waals surface area contributed by atoms with Gasteiger partial charge in [0.25, 0.3) is 0 Å². The summed E-state index contributed by atoms with van der Waals surface area (Å²) in [5.41, 5.74) is 4.98. The molecule has 0 spiro atoms. The van der Waals surface area contributed by atoms with E-state index in [9.17, 15) is 9.59 Å². The van der Waals surface area contributed by atoms with Crippen molar-refractivity contribution >= 4 is 28.4 Å². The monoisotopic (exact) mass is 507 g/mol. The summed E-state index contributed by atoms with van der Waals surface area (Å²) in [5.74, 6) is 0.424. The van der Waals surface area contributed by atoms with Crippen LogP contribution in [0.5, 0.6) is 0 Å². The van der Waals surface area contributed by atoms with E-state index in [1.54, 1.807) is 0 Å². The molecule has 0 radical (unpaired) electrons. The molecule has 3 aromatic carbocycles. The summed E-state index contributed by atoms with van der Waals surface area (Å²) >= 11 is 0. The summed E-state index contributed by atoms with van der Waals surface area (Å²) in [6.07, 6.45) is 5.28. The number of amides is 2. The first-order valence-electron chi connectivity index (χ1n) is 13.6. The zero-order chi connectivity index (χ0) is 26.7. The van der Waals surface area contributed by atoms with Gasteiger partial charge < -0.3 is 15.2 Å². The highest BCUT2D eigenvalue weighted by Crippen LogP contribution is 2.39. The Morgan fingerprint density at radius 2 is 1.58 bits per heavy atom. The normalized spacial score (nSPS) is 19.3. The molecule has 1 fully saturated rings. The van der Waals surface area contributed by atoms with E-state index in [-0.39, 0.29) is 18.2 Å². The number of para-hydroxylation sites is 2. The second-order valence-electron chi connectivity index (χ2n) is 10.9. The lowest BCUT2D eigenvalue weighted by Gasteiger charge is -2.46. The van der Waals surface area contributed by atoms with Crippen molar-refractivity contribution < 1.29 is 9.59 Å². The standard InChI is InChI=1S/C33H37N3O2/c1-23-16-18-33(19-17-23,32(38)35-31-24(2)10-9-11-25(31)3)36(22-26-12-5-4-6-13-26)30(37)20-27-21-34-29-15-8-7-14-28(27)29/h4-15,21,23,34H,16-20,22H2,1-3H3,(H,35,38). The van der Waals surface area contributed by atoms with Gasteiger partial charge in [0, 0.05) is 29.3 Å². The summed E-state index contributed by atoms with van der Waals surface area (Å²) < 4.78 is 0. The van der Waals surface area contributed by atoms with Crippen molar-refractivity contribution in [2.45, 2.75) is 65.0 Å². The first-order valence-corrected chi connectivity index (χ1v) is 13.6. The molecule has 1 heterocycles. The highest BCUT2D eigenvalue weighted by molar-refractivity contribution is 6.02. The fraction of sp³-hybridized carbons (Fsp3) is 0.333. The average molecular weight is 508 g/mol. The van der Waals surface area contributed by atoms with Crippen LogP contribution in [0, 0.1) is 19.8 Å². The van der Waals surface area contributed by atoms with Gasteiger partial charge in [-0.1, -0.05) is 73.7 Å². The predicted octanol–water partition coefficient (Wildman–Crippen LogP) is 6.94. The zero-order valence-electron chi connectivity index (χ0n) is 22.6. The maximum atomic E-state index is 14.3. The van der Waals surface area contributed by atoms with Gasteiger partial charge in [-0.15, -0.1) is 0 Å². The summed E-state index contributed by atoms with van der Waals surface area (Å²) in [5, 5.41) is 4.32. The topological polar surface area (TPSA) is 65.2 Å². The SMILES string of the molecule is Cc1cccc(C)c1NC(=O)C1(N(Cc2ccccc2)C(=O)Cc2c[nH]c3ccccc23)CCC(C)CC1. The molecule has 5 heteroatoms. The average Bonchev–Trinajstić information content (AvgIpc) is 3.33. The Balaban J connectivity index is 1.54. The number of aromatic amines is 1. The van der Waals surface area contributed by atoms with E-state index in [4.69, 9.17) is 0 Å². The summed E-state index contributed by atoms with van der Waals surface area (Å²) in [4.78, 5) is 33.8. The van der Waals surface area contributed by atoms with E-state index in [1.165, 1.54) is 0 Å². The Kier molecular flexibility index (Phi) is 7.37. The van der Waals surface area contributed by atoms with E-state index >= 15 is 0 Å². The Bertz CT molecular complexity index is 1410. The van der Waals surface area contributed by atoms with Crippen LogP contribution in [-0.2, 0) is 22.6 Å². The number of anilines is 1. The van der Waals surface area contributed by atoms with Crippen molar-refractivity contribution in [1.29, 1.82) is 0 Å². The molecule has 0 saturated heterocycles. The van der Waals surface area contributed by atoms with Crippen LogP contribution in [0.15, 0.2) is 79.0 Å². The number of nitrogens with zero attached hydrogens (tertiary/aromatic N) is 1. The fourth-order valence-corrected chi connectivity index (χ4v) is 5.88. The summed E-state index contributed by atoms with van der Waals surface area (Å²) in [6.45, 7) is 6.67. The highest BCUT2D eigenvalue weighted by atomic mass is 16.2. The number of hydrogen-bond acceptors (Lipinski definition) is 2. The van der Waals surface area contributed by atoms with Gasteiger partial charge in [-0.25, -0.2) is 0 Å². The zero-order valence-corrected chi connectivity index (χ0v) is 22.6. The Morgan fingerprint density at radius 3 is 2.29 bits per heavy atom. The first kappa shape index (κ1) is 25.8. The maximum Gasteiger partial charge on any atom is 0.250 e. The second-order valence-corrected chi connectivity index (χ2v) is 10.9. The molecule has 1 aliphatic carbocycles. The number of aryl methyl sites for hydroxylation is 2. The number of rotatable bonds is 7. The highest BCUT2D eigenvalue weighted by Gasteiger charge is 2.48. The molecular formula is C33H37N3O2. The summed E-state index contributed by atoms with van der Waals surface area (Å²) in [7, 11) is 0. The lowest BCUT2D eigenvalue weighted by atomic mass is 9.74. The Hall–Kier alpha value is -3.86. The van der Waals surface area contributed by atoms with Crippen LogP contribution < -0.4 is 5.32 Å². The molecule has 4 aromatic rings. The van der Waals surface area contributed by atoms with Gasteiger partial charge in [-0.3, -0.25) is 9.59 Å². The molecule has 5 rings (SSSR count). The molecule has 1 saturated carbocycles. The molecule has 0 atom stereocenters. The Morgan fingerprint density at radius 1 is 0.921 bits per heavy atom. The van der Waals surface area contributed by atoms with Gasteiger partial charge in [0.2, 0.25) is 11.8 Å². The molecule has 5 nitrogen and oxygen atoms in total. The van der Waals surface area contributed by atoms with E-state index in [2.05, 4.69) is 17.2 Å². The third-order valence-electron chi connectivity index (χ3n) is 8.26. The van der Waals surface area contributed by atoms with Crippen LogP contribution in [0.2, 0.25) is 0 Å². The number of carbonyl (C=O) groups is 2. The molecular weight excluding hydrogens is 470 g/mol. The number of hydrogen-bond donors (Lipinski definition) is 2. The van der Waals surface area contributed by atoms with Crippen molar-refractivity contribution in [3.63, 3.8) is 0 Å². The molecule has 0 aliphatic heterocycles. The minimum Gasteiger partial charge on any atom is -0.361 e. The van der Waals surface area contributed by atoms with Gasteiger partial charge in [-0.2, -0.15) is 0 Å². The molecule has 1 aliphatic rings. The third kappa shape index (κ3) is 5.10. The van der Waals surface area contributed by atoms with E-state index in [1.807, 2.05) is 97.7 Å². The van der Waals surface area contributed by atoms with E-state index < -0.39 is 5.54 Å². The molecule has 196 valence electrons. The molecule has 2 amide bonds. The number of nitrogens with one attached hydrogen (secondary N) is 2. The van der Waals surface area contributed by atoms with E-state index in [0.717, 1.165) is 51.7 Å². The maximum absolute atomic E-state index is 14.3. The summed E-state index contributed by atoms with van der Waals surface area (Å²) in [6, 6.07) is 24.1. The lowest BCUT2D eigenvalue weighted by molar-refractivity contribution is -0.149. The van der Waals surface area contributed by atoms with Crippen molar-refractivity contribution in [3.05, 3.63) is 101 Å². The number of fused-ring (bicyclic) bond motifs is 1. The van der Waals surface area contributed by atoms with Gasteiger partial charge in [0.15, 0.2) is 0 Å². The van der Waals surface area contributed by atoms with Crippen LogP contribution in [0.1, 0.15) is 54.9 Å².